The second-order valence-electron chi connectivity index (χ2n) is 4.27. The first-order valence-corrected chi connectivity index (χ1v) is 6.20. The van der Waals surface area contributed by atoms with E-state index in [4.69, 9.17) is 0 Å². The molecule has 0 bridgehead atoms. The molecule has 0 saturated heterocycles. The van der Waals surface area contributed by atoms with E-state index in [1.165, 1.54) is 6.92 Å². The van der Waals surface area contributed by atoms with Gasteiger partial charge in [-0.15, -0.1) is 0 Å². The Morgan fingerprint density at radius 1 is 1.45 bits per heavy atom. The third-order valence-electron chi connectivity index (χ3n) is 2.94. The van der Waals surface area contributed by atoms with Gasteiger partial charge in [0.05, 0.1) is 18.7 Å². The number of carbonyl (C=O) groups excluding carboxylic acids is 1. The molecule has 0 spiro atoms. The number of hydrogen-bond acceptors (Lipinski definition) is 5. The van der Waals surface area contributed by atoms with Crippen LogP contribution >= 0.6 is 0 Å². The van der Waals surface area contributed by atoms with Gasteiger partial charge in [-0.3, -0.25) is 9.78 Å². The van der Waals surface area contributed by atoms with Gasteiger partial charge in [-0.25, -0.2) is 4.79 Å². The maximum atomic E-state index is 13.1. The number of pyridine rings is 2. The van der Waals surface area contributed by atoms with Crippen LogP contribution in [-0.2, 0) is 17.5 Å². The summed E-state index contributed by atoms with van der Waals surface area (Å²) in [7, 11) is 0. The molecular formula is C13H11F3N2O4. The molecule has 9 heteroatoms. The summed E-state index contributed by atoms with van der Waals surface area (Å²) >= 11 is 0. The molecule has 0 aliphatic carbocycles. The minimum atomic E-state index is -4.81. The second-order valence-corrected chi connectivity index (χ2v) is 4.27. The minimum absolute atomic E-state index is 0.0691. The lowest BCUT2D eigenvalue weighted by atomic mass is 10.0. The van der Waals surface area contributed by atoms with Crippen molar-refractivity contribution in [1.82, 2.24) is 9.97 Å². The average Bonchev–Trinajstić information content (AvgIpc) is 2.44. The molecule has 6 nitrogen and oxygen atoms in total. The number of carbonyl (C=O) groups is 1. The predicted molar refractivity (Wildman–Crippen MR) is 69.2 cm³/mol. The van der Waals surface area contributed by atoms with Crippen molar-refractivity contribution in [3.8, 4) is 0 Å². The quantitative estimate of drug-likeness (QED) is 0.839. The number of aliphatic hydroxyl groups excluding tert-OH is 1. The lowest BCUT2D eigenvalue weighted by Gasteiger charge is -2.14. The number of aliphatic hydroxyl groups is 1. The molecule has 0 saturated carbocycles. The molecule has 2 rings (SSSR count). The van der Waals surface area contributed by atoms with Crippen LogP contribution in [0.3, 0.4) is 0 Å². The summed E-state index contributed by atoms with van der Waals surface area (Å²) in [5.74, 6) is -1.10. The van der Waals surface area contributed by atoms with E-state index in [1.807, 2.05) is 0 Å². The molecule has 2 heterocycles. The highest BCUT2D eigenvalue weighted by molar-refractivity contribution is 5.97. The van der Waals surface area contributed by atoms with E-state index in [2.05, 4.69) is 14.7 Å². The highest BCUT2D eigenvalue weighted by Gasteiger charge is 2.36. The van der Waals surface area contributed by atoms with E-state index >= 15 is 0 Å². The molecule has 0 unspecified atom stereocenters. The van der Waals surface area contributed by atoms with Crippen LogP contribution in [0.25, 0.3) is 10.9 Å². The molecule has 0 aromatic carbocycles. The van der Waals surface area contributed by atoms with Gasteiger partial charge >= 0.3 is 12.1 Å². The zero-order chi connectivity index (χ0) is 16.5. The third-order valence-corrected chi connectivity index (χ3v) is 2.94. The summed E-state index contributed by atoms with van der Waals surface area (Å²) in [6.07, 6.45) is -3.93. The Bertz CT molecular complexity index is 783. The Balaban J connectivity index is 2.92. The molecular weight excluding hydrogens is 305 g/mol. The van der Waals surface area contributed by atoms with E-state index in [-0.39, 0.29) is 12.1 Å². The average molecular weight is 316 g/mol. The molecule has 2 aromatic rings. The first kappa shape index (κ1) is 16.0. The van der Waals surface area contributed by atoms with Crippen LogP contribution in [0.1, 0.15) is 28.5 Å². The molecule has 0 radical (unpaired) electrons. The van der Waals surface area contributed by atoms with Crippen LogP contribution in [-0.4, -0.2) is 27.7 Å². The van der Waals surface area contributed by atoms with Crippen molar-refractivity contribution in [2.24, 2.45) is 0 Å². The molecule has 118 valence electrons. The summed E-state index contributed by atoms with van der Waals surface area (Å²) < 4.78 is 43.8. The van der Waals surface area contributed by atoms with E-state index in [1.54, 1.807) is 0 Å². The van der Waals surface area contributed by atoms with Gasteiger partial charge < -0.3 is 14.8 Å². The van der Waals surface area contributed by atoms with E-state index in [0.29, 0.717) is 0 Å². The van der Waals surface area contributed by atoms with Gasteiger partial charge in [-0.05, 0) is 13.0 Å². The Morgan fingerprint density at radius 2 is 2.14 bits per heavy atom. The summed E-state index contributed by atoms with van der Waals surface area (Å²) in [6.45, 7) is 0.470. The van der Waals surface area contributed by atoms with Gasteiger partial charge in [0.25, 0.3) is 5.56 Å². The summed E-state index contributed by atoms with van der Waals surface area (Å²) in [6, 6.07) is 1.15. The number of nitrogens with zero attached hydrogens (tertiary/aromatic N) is 1. The smallest absolute Gasteiger partial charge is 0.434 e. The van der Waals surface area contributed by atoms with Gasteiger partial charge in [0, 0.05) is 17.1 Å². The first-order valence-electron chi connectivity index (χ1n) is 6.20. The normalized spacial score (nSPS) is 11.7. The Hall–Kier alpha value is -2.42. The van der Waals surface area contributed by atoms with Crippen LogP contribution in [0.2, 0.25) is 0 Å². The number of rotatable bonds is 3. The maximum Gasteiger partial charge on any atom is 0.434 e. The van der Waals surface area contributed by atoms with Gasteiger partial charge in [0.15, 0.2) is 5.69 Å². The molecule has 0 atom stereocenters. The summed E-state index contributed by atoms with van der Waals surface area (Å²) in [5, 5.41) is 8.86. The number of esters is 1. The highest BCUT2D eigenvalue weighted by Crippen LogP contribution is 2.34. The van der Waals surface area contributed by atoms with Crippen LogP contribution < -0.4 is 5.56 Å². The molecule has 0 aliphatic rings. The van der Waals surface area contributed by atoms with Crippen molar-refractivity contribution in [3.05, 3.63) is 39.4 Å². The van der Waals surface area contributed by atoms with E-state index in [0.717, 1.165) is 12.3 Å². The predicted octanol–water partition coefficient (Wildman–Crippen LogP) is 1.61. The number of H-pyrrole nitrogens is 1. The van der Waals surface area contributed by atoms with Crippen molar-refractivity contribution in [2.75, 3.05) is 6.61 Å². The third kappa shape index (κ3) is 2.67. The SMILES string of the molecule is CCOC(=O)c1c(CO)c2c(C(F)(F)F)nccc2[nH]c1=O. The van der Waals surface area contributed by atoms with Crippen molar-refractivity contribution >= 4 is 16.9 Å². The number of alkyl halides is 3. The zero-order valence-electron chi connectivity index (χ0n) is 11.3. The van der Waals surface area contributed by atoms with Crippen LogP contribution in [0.15, 0.2) is 17.1 Å². The van der Waals surface area contributed by atoms with Gasteiger partial charge in [0.1, 0.15) is 5.56 Å². The van der Waals surface area contributed by atoms with Crippen LogP contribution in [0.4, 0.5) is 13.2 Å². The lowest BCUT2D eigenvalue weighted by molar-refractivity contribution is -0.139. The number of ether oxygens (including phenoxy) is 1. The highest BCUT2D eigenvalue weighted by atomic mass is 19.4. The zero-order valence-corrected chi connectivity index (χ0v) is 11.3. The molecule has 0 aliphatic heterocycles. The summed E-state index contributed by atoms with van der Waals surface area (Å²) in [5.41, 5.74) is -3.53. The van der Waals surface area contributed by atoms with E-state index < -0.39 is 46.5 Å². The molecule has 0 fully saturated rings. The van der Waals surface area contributed by atoms with Crippen molar-refractivity contribution in [1.29, 1.82) is 0 Å². The molecule has 2 aromatic heterocycles. The van der Waals surface area contributed by atoms with Gasteiger partial charge in [-0.1, -0.05) is 0 Å². The topological polar surface area (TPSA) is 92.3 Å². The second kappa shape index (κ2) is 5.76. The standard InChI is InChI=1S/C13H11F3N2O4/c1-2-22-12(21)9-6(5-19)8-7(18-11(9)20)3-4-17-10(8)13(14,15)16/h3-4,19H,2,5H2,1H3,(H,18,20). The van der Waals surface area contributed by atoms with Crippen molar-refractivity contribution in [2.45, 2.75) is 19.7 Å². The number of aromatic nitrogens is 2. The number of halogens is 3. The molecule has 2 N–H and O–H groups in total. The minimum Gasteiger partial charge on any atom is -0.462 e. The van der Waals surface area contributed by atoms with E-state index in [9.17, 15) is 27.9 Å². The number of aromatic amines is 1. The fourth-order valence-corrected chi connectivity index (χ4v) is 2.11. The Labute approximate surface area is 121 Å². The van der Waals surface area contributed by atoms with Crippen molar-refractivity contribution < 1.29 is 27.8 Å². The van der Waals surface area contributed by atoms with Gasteiger partial charge in [0.2, 0.25) is 0 Å². The molecule has 0 amide bonds. The number of fused-ring (bicyclic) bond motifs is 1. The number of hydrogen-bond donors (Lipinski definition) is 2. The first-order chi connectivity index (χ1) is 10.3. The van der Waals surface area contributed by atoms with Gasteiger partial charge in [-0.2, -0.15) is 13.2 Å². The Kier molecular flexibility index (Phi) is 4.18. The number of nitrogens with one attached hydrogen (secondary N) is 1. The van der Waals surface area contributed by atoms with Crippen molar-refractivity contribution in [3.63, 3.8) is 0 Å². The Morgan fingerprint density at radius 3 is 2.68 bits per heavy atom. The van der Waals surface area contributed by atoms with Crippen LogP contribution in [0, 0.1) is 0 Å². The van der Waals surface area contributed by atoms with Crippen LogP contribution in [0.5, 0.6) is 0 Å². The lowest BCUT2D eigenvalue weighted by Crippen LogP contribution is -2.24. The fourth-order valence-electron chi connectivity index (χ4n) is 2.11. The summed E-state index contributed by atoms with van der Waals surface area (Å²) in [4.78, 5) is 29.1. The molecule has 22 heavy (non-hydrogen) atoms. The fraction of sp³-hybridized carbons (Fsp3) is 0.308. The largest absolute Gasteiger partial charge is 0.462 e. The monoisotopic (exact) mass is 316 g/mol. The maximum absolute atomic E-state index is 13.1.